The fourth-order valence-electron chi connectivity index (χ4n) is 2.76. The molecule has 5 heteroatoms. The molecule has 1 aromatic rings. The maximum Gasteiger partial charge on any atom is 0.234 e. The van der Waals surface area contributed by atoms with Crippen molar-refractivity contribution in [2.75, 3.05) is 13.6 Å². The first-order valence-electron chi connectivity index (χ1n) is 7.51. The van der Waals surface area contributed by atoms with Crippen LogP contribution in [0, 0.1) is 5.82 Å². The minimum atomic E-state index is -0.264. The molecule has 0 saturated heterocycles. The fourth-order valence-corrected chi connectivity index (χ4v) is 2.76. The van der Waals surface area contributed by atoms with Gasteiger partial charge in [-0.3, -0.25) is 9.69 Å². The summed E-state index contributed by atoms with van der Waals surface area (Å²) in [4.78, 5) is 14.1. The highest BCUT2D eigenvalue weighted by Crippen LogP contribution is 2.20. The molecule has 1 fully saturated rings. The number of nitrogens with one attached hydrogen (secondary N) is 1. The standard InChI is InChI=1S/C16H24FN3O/c1-20(15-8-6-14(18)7-9-15)11-16(21)19-10-12-2-4-13(17)5-3-12/h2-5,14-15H,6-11,18H2,1H3,(H,19,21). The molecule has 2 rings (SSSR count). The van der Waals surface area contributed by atoms with Gasteiger partial charge in [0.25, 0.3) is 0 Å². The molecular formula is C16H24FN3O. The van der Waals surface area contributed by atoms with Crippen LogP contribution >= 0.6 is 0 Å². The Morgan fingerprint density at radius 1 is 1.29 bits per heavy atom. The van der Waals surface area contributed by atoms with Crippen LogP contribution in [0.4, 0.5) is 4.39 Å². The first-order chi connectivity index (χ1) is 10.0. The Morgan fingerprint density at radius 2 is 1.90 bits per heavy atom. The molecule has 0 bridgehead atoms. The molecule has 1 aromatic carbocycles. The summed E-state index contributed by atoms with van der Waals surface area (Å²) in [6.07, 6.45) is 4.18. The highest BCUT2D eigenvalue weighted by molar-refractivity contribution is 5.78. The second-order valence-electron chi connectivity index (χ2n) is 5.89. The predicted octanol–water partition coefficient (Wildman–Crippen LogP) is 1.64. The largest absolute Gasteiger partial charge is 0.351 e. The summed E-state index contributed by atoms with van der Waals surface area (Å²) < 4.78 is 12.8. The van der Waals surface area contributed by atoms with E-state index in [0.717, 1.165) is 31.2 Å². The molecular weight excluding hydrogens is 269 g/mol. The van der Waals surface area contributed by atoms with Gasteiger partial charge in [-0.2, -0.15) is 0 Å². The topological polar surface area (TPSA) is 58.4 Å². The Balaban J connectivity index is 1.72. The number of nitrogens with zero attached hydrogens (tertiary/aromatic N) is 1. The van der Waals surface area contributed by atoms with Crippen molar-refractivity contribution in [2.45, 2.75) is 44.3 Å². The van der Waals surface area contributed by atoms with Crippen molar-refractivity contribution in [3.05, 3.63) is 35.6 Å². The summed E-state index contributed by atoms with van der Waals surface area (Å²) in [6, 6.07) is 6.94. The number of likely N-dealkylation sites (N-methyl/N-ethyl adjacent to an activating group) is 1. The Bertz CT molecular complexity index is 455. The normalized spacial score (nSPS) is 22.3. The molecule has 0 radical (unpaired) electrons. The highest BCUT2D eigenvalue weighted by atomic mass is 19.1. The average molecular weight is 293 g/mol. The van der Waals surface area contributed by atoms with Gasteiger partial charge in [-0.25, -0.2) is 4.39 Å². The lowest BCUT2D eigenvalue weighted by molar-refractivity contribution is -0.122. The summed E-state index contributed by atoms with van der Waals surface area (Å²) in [5.74, 6) is -0.267. The SMILES string of the molecule is CN(CC(=O)NCc1ccc(F)cc1)C1CCC(N)CC1. The third-order valence-corrected chi connectivity index (χ3v) is 4.16. The molecule has 0 unspecified atom stereocenters. The number of carbonyl (C=O) groups excluding carboxylic acids is 1. The van der Waals surface area contributed by atoms with Gasteiger partial charge in [-0.1, -0.05) is 12.1 Å². The number of amides is 1. The zero-order valence-corrected chi connectivity index (χ0v) is 12.5. The van der Waals surface area contributed by atoms with Crippen LogP contribution in [0.3, 0.4) is 0 Å². The zero-order valence-electron chi connectivity index (χ0n) is 12.5. The Hall–Kier alpha value is -1.46. The zero-order chi connectivity index (χ0) is 15.2. The lowest BCUT2D eigenvalue weighted by atomic mass is 9.91. The third-order valence-electron chi connectivity index (χ3n) is 4.16. The van der Waals surface area contributed by atoms with Gasteiger partial charge >= 0.3 is 0 Å². The maximum absolute atomic E-state index is 12.8. The molecule has 0 spiro atoms. The highest BCUT2D eigenvalue weighted by Gasteiger charge is 2.22. The summed E-state index contributed by atoms with van der Waals surface area (Å²) in [5.41, 5.74) is 6.80. The number of rotatable bonds is 5. The van der Waals surface area contributed by atoms with Crippen molar-refractivity contribution < 1.29 is 9.18 Å². The van der Waals surface area contributed by atoms with Crippen LogP contribution in [0.15, 0.2) is 24.3 Å². The van der Waals surface area contributed by atoms with E-state index in [1.807, 2.05) is 7.05 Å². The molecule has 0 aliphatic heterocycles. The molecule has 0 heterocycles. The summed E-state index contributed by atoms with van der Waals surface area (Å²) >= 11 is 0. The van der Waals surface area contributed by atoms with Crippen molar-refractivity contribution >= 4 is 5.91 Å². The molecule has 1 aliphatic carbocycles. The number of nitrogens with two attached hydrogens (primary N) is 1. The minimum Gasteiger partial charge on any atom is -0.351 e. The minimum absolute atomic E-state index is 0.00306. The van der Waals surface area contributed by atoms with Crippen LogP contribution in [0.2, 0.25) is 0 Å². The molecule has 1 amide bonds. The van der Waals surface area contributed by atoms with Gasteiger partial charge in [0.15, 0.2) is 0 Å². The molecule has 21 heavy (non-hydrogen) atoms. The average Bonchev–Trinajstić information content (AvgIpc) is 2.47. The molecule has 1 aliphatic rings. The van der Waals surface area contributed by atoms with E-state index in [1.165, 1.54) is 12.1 Å². The first-order valence-corrected chi connectivity index (χ1v) is 7.51. The summed E-state index contributed by atoms with van der Waals surface area (Å²) in [6.45, 7) is 0.823. The maximum atomic E-state index is 12.8. The van der Waals surface area contributed by atoms with E-state index >= 15 is 0 Å². The second-order valence-corrected chi connectivity index (χ2v) is 5.89. The van der Waals surface area contributed by atoms with Gasteiger partial charge in [0.2, 0.25) is 5.91 Å². The Kier molecular flexibility index (Phi) is 5.70. The number of carbonyl (C=O) groups is 1. The van der Waals surface area contributed by atoms with E-state index in [-0.39, 0.29) is 11.7 Å². The van der Waals surface area contributed by atoms with E-state index in [2.05, 4.69) is 10.2 Å². The van der Waals surface area contributed by atoms with Gasteiger partial charge < -0.3 is 11.1 Å². The van der Waals surface area contributed by atoms with Crippen molar-refractivity contribution in [2.24, 2.45) is 5.73 Å². The van der Waals surface area contributed by atoms with Crippen LogP contribution < -0.4 is 11.1 Å². The fraction of sp³-hybridized carbons (Fsp3) is 0.562. The van der Waals surface area contributed by atoms with Gasteiger partial charge in [-0.05, 0) is 50.4 Å². The van der Waals surface area contributed by atoms with Crippen molar-refractivity contribution in [3.63, 3.8) is 0 Å². The van der Waals surface area contributed by atoms with Gasteiger partial charge in [0, 0.05) is 18.6 Å². The van der Waals surface area contributed by atoms with Crippen molar-refractivity contribution in [1.29, 1.82) is 0 Å². The number of hydrogen-bond acceptors (Lipinski definition) is 3. The first kappa shape index (κ1) is 15.9. The van der Waals surface area contributed by atoms with Crippen LogP contribution in [0.25, 0.3) is 0 Å². The van der Waals surface area contributed by atoms with E-state index in [0.29, 0.717) is 25.2 Å². The lowest BCUT2D eigenvalue weighted by Crippen LogP contribution is -2.43. The van der Waals surface area contributed by atoms with Crippen LogP contribution in [0.5, 0.6) is 0 Å². The van der Waals surface area contributed by atoms with Crippen LogP contribution in [-0.4, -0.2) is 36.5 Å². The Labute approximate surface area is 125 Å². The van der Waals surface area contributed by atoms with Gasteiger partial charge in [0.1, 0.15) is 5.82 Å². The summed E-state index contributed by atoms with van der Waals surface area (Å²) in [7, 11) is 1.99. The van der Waals surface area contributed by atoms with Crippen molar-refractivity contribution in [1.82, 2.24) is 10.2 Å². The molecule has 116 valence electrons. The predicted molar refractivity (Wildman–Crippen MR) is 81.1 cm³/mol. The molecule has 3 N–H and O–H groups in total. The third kappa shape index (κ3) is 5.10. The monoisotopic (exact) mass is 293 g/mol. The van der Waals surface area contributed by atoms with Gasteiger partial charge in [-0.15, -0.1) is 0 Å². The number of benzene rings is 1. The number of hydrogen-bond donors (Lipinski definition) is 2. The smallest absolute Gasteiger partial charge is 0.234 e. The second kappa shape index (κ2) is 7.52. The van der Waals surface area contributed by atoms with Gasteiger partial charge in [0.05, 0.1) is 6.54 Å². The van der Waals surface area contributed by atoms with Crippen molar-refractivity contribution in [3.8, 4) is 0 Å². The van der Waals surface area contributed by atoms with E-state index < -0.39 is 0 Å². The number of halogens is 1. The summed E-state index contributed by atoms with van der Waals surface area (Å²) in [5, 5.41) is 2.87. The van der Waals surface area contributed by atoms with E-state index in [1.54, 1.807) is 12.1 Å². The van der Waals surface area contributed by atoms with E-state index in [4.69, 9.17) is 5.73 Å². The van der Waals surface area contributed by atoms with E-state index in [9.17, 15) is 9.18 Å². The molecule has 4 nitrogen and oxygen atoms in total. The lowest BCUT2D eigenvalue weighted by Gasteiger charge is -2.33. The Morgan fingerprint density at radius 3 is 2.52 bits per heavy atom. The molecule has 0 aromatic heterocycles. The van der Waals surface area contributed by atoms with Crippen LogP contribution in [0.1, 0.15) is 31.2 Å². The molecule has 0 atom stereocenters. The molecule has 1 saturated carbocycles. The van der Waals surface area contributed by atoms with Crippen LogP contribution in [-0.2, 0) is 11.3 Å². The quantitative estimate of drug-likeness (QED) is 0.868.